The zero-order valence-electron chi connectivity index (χ0n) is 30.0. The van der Waals surface area contributed by atoms with Crippen LogP contribution in [0.4, 0.5) is 0 Å². The number of aliphatic imine (C=N–C) groups is 2. The first-order valence-electron chi connectivity index (χ1n) is 18.6. The van der Waals surface area contributed by atoms with E-state index in [2.05, 4.69) is 152 Å². The number of rotatable bonds is 9. The van der Waals surface area contributed by atoms with Crippen LogP contribution in [0.5, 0.6) is 0 Å². The van der Waals surface area contributed by atoms with Gasteiger partial charge in [-0.2, -0.15) is 0 Å². The largest absolute Gasteiger partial charge is 0.383 e. The molecule has 0 heterocycles. The molecule has 0 aromatic heterocycles. The van der Waals surface area contributed by atoms with Crippen LogP contribution in [0.1, 0.15) is 38.9 Å². The molecule has 3 heteroatoms. The van der Waals surface area contributed by atoms with Gasteiger partial charge in [-0.05, 0) is 84.3 Å². The van der Waals surface area contributed by atoms with E-state index in [9.17, 15) is 0 Å². The fourth-order valence-corrected chi connectivity index (χ4v) is 7.76. The molecule has 258 valence electrons. The van der Waals surface area contributed by atoms with Crippen molar-refractivity contribution in [2.45, 2.75) is 13.0 Å². The molecule has 2 N–H and O–H groups in total. The zero-order valence-corrected chi connectivity index (χ0v) is 30.0. The van der Waals surface area contributed by atoms with Crippen LogP contribution >= 0.6 is 0 Å². The van der Waals surface area contributed by atoms with Crippen LogP contribution in [0.2, 0.25) is 0 Å². The van der Waals surface area contributed by atoms with Crippen molar-refractivity contribution in [3.05, 3.63) is 227 Å². The van der Waals surface area contributed by atoms with Crippen molar-refractivity contribution in [1.82, 2.24) is 0 Å². The number of nitrogens with two attached hydrogens (primary N) is 1. The summed E-state index contributed by atoms with van der Waals surface area (Å²) in [6.07, 6.45) is 5.54. The Labute approximate surface area is 317 Å². The van der Waals surface area contributed by atoms with Crippen LogP contribution in [-0.4, -0.2) is 18.1 Å². The van der Waals surface area contributed by atoms with Gasteiger partial charge in [0.05, 0.1) is 18.8 Å². The van der Waals surface area contributed by atoms with Crippen molar-refractivity contribution in [1.29, 1.82) is 0 Å². The molecule has 0 fully saturated rings. The van der Waals surface area contributed by atoms with Crippen LogP contribution < -0.4 is 5.73 Å². The number of hydrogen-bond acceptors (Lipinski definition) is 2. The third-order valence-electron chi connectivity index (χ3n) is 10.6. The highest BCUT2D eigenvalue weighted by Crippen LogP contribution is 2.47. The van der Waals surface area contributed by atoms with Gasteiger partial charge in [0, 0.05) is 5.56 Å². The molecule has 0 spiro atoms. The van der Waals surface area contributed by atoms with E-state index in [-0.39, 0.29) is 0 Å². The molecule has 3 nitrogen and oxygen atoms in total. The Morgan fingerprint density at radius 2 is 1.07 bits per heavy atom. The third kappa shape index (κ3) is 6.53. The van der Waals surface area contributed by atoms with Gasteiger partial charge in [0.15, 0.2) is 0 Å². The minimum absolute atomic E-state index is 0.379. The summed E-state index contributed by atoms with van der Waals surface area (Å²) < 4.78 is 0. The number of nitrogens with zero attached hydrogens (tertiary/aromatic N) is 2. The van der Waals surface area contributed by atoms with Gasteiger partial charge in [0.2, 0.25) is 0 Å². The van der Waals surface area contributed by atoms with E-state index in [0.29, 0.717) is 18.9 Å². The molecular formula is C51H39N3. The van der Waals surface area contributed by atoms with E-state index in [4.69, 9.17) is 15.7 Å². The maximum absolute atomic E-state index is 6.45. The highest BCUT2D eigenvalue weighted by atomic mass is 14.9. The summed E-state index contributed by atoms with van der Waals surface area (Å²) in [7, 11) is 0. The number of allylic oxidation sites excluding steroid dienone is 3. The second kappa shape index (κ2) is 14.7. The van der Waals surface area contributed by atoms with Gasteiger partial charge >= 0.3 is 0 Å². The van der Waals surface area contributed by atoms with Gasteiger partial charge in [0.25, 0.3) is 0 Å². The Bertz CT molecular complexity index is 2590. The van der Waals surface area contributed by atoms with E-state index < -0.39 is 0 Å². The Morgan fingerprint density at radius 1 is 0.463 bits per heavy atom. The molecule has 0 atom stereocenters. The molecule has 2 aliphatic carbocycles. The monoisotopic (exact) mass is 693 g/mol. The Hall–Kier alpha value is -6.84. The van der Waals surface area contributed by atoms with Crippen molar-refractivity contribution in [2.75, 3.05) is 6.54 Å². The molecule has 0 unspecified atom stereocenters. The number of benzene rings is 7. The topological polar surface area (TPSA) is 50.7 Å². The van der Waals surface area contributed by atoms with Crippen LogP contribution in [0.3, 0.4) is 0 Å². The standard InChI is InChI=1S/C51H39N3/c52-51(40-14-5-2-6-15-40)54-34-49(39-28-24-36(25-29-39)35-12-3-1-4-13-35)53-33-43-16-7-8-18-44(43)38-26-22-37(23-27-38)41-30-31-48-46-20-10-9-19-45(46)47-21-11-17-42(32-41)50(47)48/h1-31H,32-34H2,(H2,52,54). The Morgan fingerprint density at radius 3 is 1.85 bits per heavy atom. The molecule has 54 heavy (non-hydrogen) atoms. The lowest BCUT2D eigenvalue weighted by Gasteiger charge is -2.13. The SMILES string of the molecule is NC(=NCC(=NCc1ccccc1-c1ccc(C2=CC=C3c4ccccc4-c4cccc(c43)C2)cc1)c1ccc(-c2ccccc2)cc1)c1ccccc1. The number of fused-ring (bicyclic) bond motifs is 3. The summed E-state index contributed by atoms with van der Waals surface area (Å²) in [6.45, 7) is 0.900. The zero-order chi connectivity index (χ0) is 36.3. The van der Waals surface area contributed by atoms with E-state index >= 15 is 0 Å². The molecule has 0 amide bonds. The van der Waals surface area contributed by atoms with Crippen LogP contribution in [0, 0.1) is 0 Å². The smallest absolute Gasteiger partial charge is 0.126 e. The summed E-state index contributed by atoms with van der Waals surface area (Å²) in [5.41, 5.74) is 25.8. The summed E-state index contributed by atoms with van der Waals surface area (Å²) in [5.74, 6) is 0.506. The summed E-state index contributed by atoms with van der Waals surface area (Å²) in [4.78, 5) is 10.0. The minimum atomic E-state index is 0.379. The maximum Gasteiger partial charge on any atom is 0.126 e. The lowest BCUT2D eigenvalue weighted by Crippen LogP contribution is -2.16. The molecule has 0 bridgehead atoms. The molecule has 0 radical (unpaired) electrons. The number of hydrogen-bond donors (Lipinski definition) is 1. The van der Waals surface area contributed by atoms with Crippen molar-refractivity contribution in [3.63, 3.8) is 0 Å². The highest BCUT2D eigenvalue weighted by molar-refractivity contribution is 6.06. The second-order valence-corrected chi connectivity index (χ2v) is 13.8. The molecule has 9 rings (SSSR count). The quantitative estimate of drug-likeness (QED) is 0.119. The van der Waals surface area contributed by atoms with Crippen molar-refractivity contribution in [3.8, 4) is 33.4 Å². The lowest BCUT2D eigenvalue weighted by atomic mass is 9.92. The molecule has 7 aromatic carbocycles. The Kier molecular flexibility index (Phi) is 8.96. The molecular weight excluding hydrogens is 655 g/mol. The van der Waals surface area contributed by atoms with Crippen LogP contribution in [-0.2, 0) is 13.0 Å². The molecule has 0 saturated heterocycles. The van der Waals surface area contributed by atoms with Crippen molar-refractivity contribution >= 4 is 22.7 Å². The molecule has 2 aliphatic rings. The van der Waals surface area contributed by atoms with E-state index in [1.807, 2.05) is 36.4 Å². The first-order valence-corrected chi connectivity index (χ1v) is 18.6. The van der Waals surface area contributed by atoms with Crippen molar-refractivity contribution in [2.24, 2.45) is 15.7 Å². The normalized spacial score (nSPS) is 13.4. The van der Waals surface area contributed by atoms with Gasteiger partial charge in [-0.25, -0.2) is 0 Å². The predicted molar refractivity (Wildman–Crippen MR) is 227 cm³/mol. The predicted octanol–water partition coefficient (Wildman–Crippen LogP) is 11.5. The third-order valence-corrected chi connectivity index (χ3v) is 10.6. The van der Waals surface area contributed by atoms with E-state index in [1.165, 1.54) is 66.8 Å². The average Bonchev–Trinajstić information content (AvgIpc) is 3.43. The summed E-state index contributed by atoms with van der Waals surface area (Å²) in [6, 6.07) is 62.1. The minimum Gasteiger partial charge on any atom is -0.383 e. The van der Waals surface area contributed by atoms with E-state index in [1.54, 1.807) is 0 Å². The van der Waals surface area contributed by atoms with Gasteiger partial charge in [-0.3, -0.25) is 9.98 Å². The fourth-order valence-electron chi connectivity index (χ4n) is 7.76. The average molecular weight is 694 g/mol. The van der Waals surface area contributed by atoms with Gasteiger partial charge in [0.1, 0.15) is 5.84 Å². The van der Waals surface area contributed by atoms with Gasteiger partial charge < -0.3 is 5.73 Å². The molecule has 0 saturated carbocycles. The first kappa shape index (κ1) is 33.0. The maximum atomic E-state index is 6.45. The number of amidine groups is 1. The summed E-state index contributed by atoms with van der Waals surface area (Å²) >= 11 is 0. The Balaban J connectivity index is 1.00. The summed E-state index contributed by atoms with van der Waals surface area (Å²) in [5, 5.41) is 0. The van der Waals surface area contributed by atoms with Gasteiger partial charge in [-0.1, -0.05) is 188 Å². The van der Waals surface area contributed by atoms with Crippen molar-refractivity contribution < 1.29 is 0 Å². The second-order valence-electron chi connectivity index (χ2n) is 13.8. The van der Waals surface area contributed by atoms with Crippen LogP contribution in [0.25, 0.3) is 44.5 Å². The fraction of sp³-hybridized carbons (Fsp3) is 0.0588. The highest BCUT2D eigenvalue weighted by Gasteiger charge is 2.26. The van der Waals surface area contributed by atoms with Gasteiger partial charge in [-0.15, -0.1) is 0 Å². The first-order chi connectivity index (χ1) is 26.7. The molecule has 0 aliphatic heterocycles. The lowest BCUT2D eigenvalue weighted by molar-refractivity contribution is 1.05. The molecule has 7 aromatic rings. The van der Waals surface area contributed by atoms with E-state index in [0.717, 1.165) is 28.8 Å². The van der Waals surface area contributed by atoms with Crippen LogP contribution in [0.15, 0.2) is 198 Å².